The maximum Gasteiger partial charge on any atom is 0.337 e. The van der Waals surface area contributed by atoms with E-state index in [1.165, 1.54) is 17.3 Å². The van der Waals surface area contributed by atoms with E-state index in [0.717, 1.165) is 18.4 Å². The number of hydrogen-bond donors (Lipinski definition) is 1. The van der Waals surface area contributed by atoms with Gasteiger partial charge in [-0.25, -0.2) is 9.79 Å². The minimum Gasteiger partial charge on any atom is -0.462 e. The van der Waals surface area contributed by atoms with Gasteiger partial charge in [0.2, 0.25) is 0 Å². The maximum atomic E-state index is 12.4. The molecule has 0 radical (unpaired) electrons. The summed E-state index contributed by atoms with van der Waals surface area (Å²) >= 11 is 1.39. The van der Waals surface area contributed by atoms with Gasteiger partial charge in [0.15, 0.2) is 5.17 Å². The number of amidine groups is 1. The molecule has 2 N–H and O–H groups in total. The fraction of sp³-hybridized carbons (Fsp3) is 0.412. The summed E-state index contributed by atoms with van der Waals surface area (Å²) < 4.78 is 5.38. The molecule has 118 valence electrons. The molecule has 0 saturated heterocycles. The van der Waals surface area contributed by atoms with Gasteiger partial charge in [-0.15, -0.1) is 0 Å². The second kappa shape index (κ2) is 7.49. The van der Waals surface area contributed by atoms with Gasteiger partial charge in [-0.05, 0) is 25.8 Å². The summed E-state index contributed by atoms with van der Waals surface area (Å²) in [5.41, 5.74) is 9.35. The van der Waals surface area contributed by atoms with Crippen LogP contribution in [0.15, 0.2) is 40.5 Å². The van der Waals surface area contributed by atoms with Crippen LogP contribution >= 0.6 is 11.8 Å². The Kier molecular flexibility index (Phi) is 5.66. The van der Waals surface area contributed by atoms with Crippen LogP contribution in [0, 0.1) is 6.92 Å². The van der Waals surface area contributed by atoms with E-state index in [0.29, 0.717) is 23.0 Å². The first-order valence-corrected chi connectivity index (χ1v) is 8.36. The van der Waals surface area contributed by atoms with Crippen molar-refractivity contribution in [3.05, 3.63) is 46.7 Å². The van der Waals surface area contributed by atoms with Crippen LogP contribution < -0.4 is 5.73 Å². The monoisotopic (exact) mass is 318 g/mol. The Morgan fingerprint density at radius 2 is 2.00 bits per heavy atom. The van der Waals surface area contributed by atoms with Crippen molar-refractivity contribution in [1.82, 2.24) is 0 Å². The number of hydrogen-bond acceptors (Lipinski definition) is 5. The van der Waals surface area contributed by atoms with Gasteiger partial charge >= 0.3 is 5.97 Å². The Hall–Kier alpha value is -1.75. The van der Waals surface area contributed by atoms with E-state index in [9.17, 15) is 4.79 Å². The number of benzene rings is 1. The number of thioether (sulfide) groups is 1. The summed E-state index contributed by atoms with van der Waals surface area (Å²) in [4.78, 5) is 16.7. The van der Waals surface area contributed by atoms with Crippen LogP contribution in [0.1, 0.15) is 43.1 Å². The highest BCUT2D eigenvalue weighted by Gasteiger charge is 2.31. The lowest BCUT2D eigenvalue weighted by molar-refractivity contribution is -0.139. The van der Waals surface area contributed by atoms with Gasteiger partial charge in [0.25, 0.3) is 0 Å². The molecule has 22 heavy (non-hydrogen) atoms. The Morgan fingerprint density at radius 3 is 2.64 bits per heavy atom. The Balaban J connectivity index is 2.29. The normalized spacial score (nSPS) is 18.1. The largest absolute Gasteiger partial charge is 0.462 e. The molecule has 2 rings (SSSR count). The average Bonchev–Trinajstić information content (AvgIpc) is 2.47. The van der Waals surface area contributed by atoms with Crippen molar-refractivity contribution in [3.8, 4) is 0 Å². The second-order valence-corrected chi connectivity index (χ2v) is 6.47. The molecule has 0 bridgehead atoms. The number of nitrogens with zero attached hydrogens (tertiary/aromatic N) is 1. The van der Waals surface area contributed by atoms with E-state index in [1.807, 2.05) is 38.1 Å². The van der Waals surface area contributed by atoms with Gasteiger partial charge < -0.3 is 10.5 Å². The molecule has 1 aromatic carbocycles. The maximum absolute atomic E-state index is 12.4. The minimum absolute atomic E-state index is 0.160. The van der Waals surface area contributed by atoms with Crippen molar-refractivity contribution < 1.29 is 9.53 Å². The fourth-order valence-electron chi connectivity index (χ4n) is 2.24. The van der Waals surface area contributed by atoms with E-state index < -0.39 is 0 Å². The first-order valence-electron chi connectivity index (χ1n) is 7.48. The standard InChI is InChI=1S/C17H22N2O2S/c1-4-5-10-21-16(20)14-12(3)19-17(18)22-15(14)13-8-6-11(2)7-9-13/h6-9,15H,4-5,10H2,1-3H3,(H2,18,19). The molecule has 1 aliphatic heterocycles. The van der Waals surface area contributed by atoms with Crippen molar-refractivity contribution in [1.29, 1.82) is 0 Å². The summed E-state index contributed by atoms with van der Waals surface area (Å²) in [6.45, 7) is 6.35. The zero-order chi connectivity index (χ0) is 16.1. The summed E-state index contributed by atoms with van der Waals surface area (Å²) in [6, 6.07) is 8.12. The number of carbonyl (C=O) groups is 1. The highest BCUT2D eigenvalue weighted by Crippen LogP contribution is 2.41. The number of aryl methyl sites for hydroxylation is 1. The molecule has 1 aromatic rings. The molecule has 0 spiro atoms. The van der Waals surface area contributed by atoms with Gasteiger partial charge in [-0.3, -0.25) is 0 Å². The molecule has 0 amide bonds. The number of esters is 1. The quantitative estimate of drug-likeness (QED) is 0.664. The van der Waals surface area contributed by atoms with Crippen LogP contribution in [-0.4, -0.2) is 17.7 Å². The van der Waals surface area contributed by atoms with Crippen LogP contribution in [0.25, 0.3) is 0 Å². The van der Waals surface area contributed by atoms with E-state index in [-0.39, 0.29) is 11.2 Å². The number of aliphatic imine (C=N–C) groups is 1. The third-order valence-corrected chi connectivity index (χ3v) is 4.58. The SMILES string of the molecule is CCCCOC(=O)C1=C(C)N=C(N)SC1c1ccc(C)cc1. The molecule has 0 fully saturated rings. The summed E-state index contributed by atoms with van der Waals surface area (Å²) in [6.07, 6.45) is 1.86. The van der Waals surface area contributed by atoms with E-state index in [2.05, 4.69) is 11.9 Å². The number of nitrogens with two attached hydrogens (primary N) is 1. The number of ether oxygens (including phenoxy) is 1. The molecule has 4 nitrogen and oxygen atoms in total. The topological polar surface area (TPSA) is 64.7 Å². The fourth-order valence-corrected chi connectivity index (χ4v) is 3.35. The highest BCUT2D eigenvalue weighted by molar-refractivity contribution is 8.14. The number of carbonyl (C=O) groups excluding carboxylic acids is 1. The van der Waals surface area contributed by atoms with E-state index in [1.54, 1.807) is 0 Å². The summed E-state index contributed by atoms with van der Waals surface area (Å²) in [7, 11) is 0. The summed E-state index contributed by atoms with van der Waals surface area (Å²) in [5.74, 6) is -0.291. The predicted molar refractivity (Wildman–Crippen MR) is 91.7 cm³/mol. The lowest BCUT2D eigenvalue weighted by Gasteiger charge is -2.24. The lowest BCUT2D eigenvalue weighted by Crippen LogP contribution is -2.22. The number of unbranched alkanes of at least 4 members (excludes halogenated alkanes) is 1. The minimum atomic E-state index is -0.291. The van der Waals surface area contributed by atoms with Crippen LogP contribution in [-0.2, 0) is 9.53 Å². The van der Waals surface area contributed by atoms with Crippen molar-refractivity contribution in [2.75, 3.05) is 6.61 Å². The molecule has 1 aliphatic rings. The highest BCUT2D eigenvalue weighted by atomic mass is 32.2. The Morgan fingerprint density at radius 1 is 1.32 bits per heavy atom. The van der Waals surface area contributed by atoms with Crippen molar-refractivity contribution in [2.45, 2.75) is 38.9 Å². The van der Waals surface area contributed by atoms with E-state index >= 15 is 0 Å². The third kappa shape index (κ3) is 3.91. The second-order valence-electron chi connectivity index (χ2n) is 5.35. The van der Waals surface area contributed by atoms with Crippen molar-refractivity contribution in [3.63, 3.8) is 0 Å². The third-order valence-electron chi connectivity index (χ3n) is 3.50. The van der Waals surface area contributed by atoms with Crippen LogP contribution in [0.3, 0.4) is 0 Å². The molecule has 0 aliphatic carbocycles. The van der Waals surface area contributed by atoms with Crippen LogP contribution in [0.5, 0.6) is 0 Å². The molecular weight excluding hydrogens is 296 g/mol. The first-order chi connectivity index (χ1) is 10.5. The van der Waals surface area contributed by atoms with Gasteiger partial charge in [0.1, 0.15) is 0 Å². The van der Waals surface area contributed by atoms with Crippen LogP contribution in [0.2, 0.25) is 0 Å². The zero-order valence-electron chi connectivity index (χ0n) is 13.3. The van der Waals surface area contributed by atoms with Gasteiger partial charge in [0, 0.05) is 0 Å². The molecular formula is C17H22N2O2S. The lowest BCUT2D eigenvalue weighted by atomic mass is 10.0. The zero-order valence-corrected chi connectivity index (χ0v) is 14.1. The van der Waals surface area contributed by atoms with E-state index in [4.69, 9.17) is 10.5 Å². The molecule has 1 unspecified atom stereocenters. The van der Waals surface area contributed by atoms with Crippen LogP contribution in [0.4, 0.5) is 0 Å². The Labute approximate surface area is 135 Å². The molecule has 5 heteroatoms. The molecule has 0 saturated carbocycles. The summed E-state index contributed by atoms with van der Waals surface area (Å²) in [5, 5.41) is 0.320. The molecule has 0 aromatic heterocycles. The first kappa shape index (κ1) is 16.6. The molecule has 1 atom stereocenters. The molecule has 1 heterocycles. The Bertz CT molecular complexity index is 606. The average molecular weight is 318 g/mol. The van der Waals surface area contributed by atoms with Gasteiger partial charge in [-0.2, -0.15) is 0 Å². The van der Waals surface area contributed by atoms with Gasteiger partial charge in [0.05, 0.1) is 23.1 Å². The van der Waals surface area contributed by atoms with Gasteiger partial charge in [-0.1, -0.05) is 54.9 Å². The predicted octanol–water partition coefficient (Wildman–Crippen LogP) is 3.71. The number of allylic oxidation sites excluding steroid dienone is 1. The van der Waals surface area contributed by atoms with Crippen molar-refractivity contribution >= 4 is 22.9 Å². The smallest absolute Gasteiger partial charge is 0.337 e. The number of rotatable bonds is 5. The van der Waals surface area contributed by atoms with Crippen molar-refractivity contribution in [2.24, 2.45) is 10.7 Å².